The quantitative estimate of drug-likeness (QED) is 0.170. The number of rotatable bonds is 6. The van der Waals surface area contributed by atoms with Crippen LogP contribution in [0.2, 0.25) is 0 Å². The topological polar surface area (TPSA) is 16.4 Å². The van der Waals surface area contributed by atoms with Gasteiger partial charge in [0.2, 0.25) is 0 Å². The number of benzene rings is 8. The average Bonchev–Trinajstić information content (AvgIpc) is 3.78. The third-order valence-electron chi connectivity index (χ3n) is 12.2. The third-order valence-corrected chi connectivity index (χ3v) is 12.2. The molecule has 0 fully saturated rings. The van der Waals surface area contributed by atoms with Crippen LogP contribution in [0.1, 0.15) is 42.0 Å². The van der Waals surface area contributed by atoms with Gasteiger partial charge in [-0.05, 0) is 82.8 Å². The van der Waals surface area contributed by atoms with Crippen LogP contribution in [0, 0.1) is 0 Å². The molecule has 0 spiro atoms. The smallest absolute Gasteiger partial charge is 0.143 e. The van der Waals surface area contributed by atoms with Crippen LogP contribution >= 0.6 is 0 Å². The van der Waals surface area contributed by atoms with Gasteiger partial charge in [0.15, 0.2) is 0 Å². The summed E-state index contributed by atoms with van der Waals surface area (Å²) in [5.74, 6) is 0. The van der Waals surface area contributed by atoms with E-state index >= 15 is 0 Å². The summed E-state index contributed by atoms with van der Waals surface area (Å²) in [6.07, 6.45) is 6.47. The van der Waals surface area contributed by atoms with Crippen molar-refractivity contribution in [2.75, 3.05) is 4.90 Å². The maximum atomic E-state index is 6.97. The predicted molar refractivity (Wildman–Crippen MR) is 234 cm³/mol. The van der Waals surface area contributed by atoms with Crippen LogP contribution in [0.3, 0.4) is 0 Å². The van der Waals surface area contributed by atoms with Crippen molar-refractivity contribution in [3.63, 3.8) is 0 Å². The molecule has 0 amide bonds. The summed E-state index contributed by atoms with van der Waals surface area (Å²) in [7, 11) is 0. The van der Waals surface area contributed by atoms with Crippen molar-refractivity contribution in [1.82, 2.24) is 0 Å². The molecule has 2 nitrogen and oxygen atoms in total. The minimum absolute atomic E-state index is 0.319. The lowest BCUT2D eigenvalue weighted by molar-refractivity contribution is 0.671. The van der Waals surface area contributed by atoms with Gasteiger partial charge in [-0.15, -0.1) is 0 Å². The summed E-state index contributed by atoms with van der Waals surface area (Å²) in [6.45, 7) is 2.40. The second-order valence-electron chi connectivity index (χ2n) is 15.2. The summed E-state index contributed by atoms with van der Waals surface area (Å²) >= 11 is 0. The summed E-state index contributed by atoms with van der Waals surface area (Å²) in [6, 6.07) is 66.4. The zero-order valence-corrected chi connectivity index (χ0v) is 31.2. The van der Waals surface area contributed by atoms with Gasteiger partial charge in [0.1, 0.15) is 11.2 Å². The summed E-state index contributed by atoms with van der Waals surface area (Å²) in [5.41, 5.74) is 16.3. The highest BCUT2D eigenvalue weighted by Crippen LogP contribution is 2.54. The highest BCUT2D eigenvalue weighted by molar-refractivity contribution is 6.17. The third kappa shape index (κ3) is 4.89. The Morgan fingerprint density at radius 3 is 2.07 bits per heavy atom. The lowest BCUT2D eigenvalue weighted by Crippen LogP contribution is -2.24. The minimum Gasteiger partial charge on any atom is -0.455 e. The molecular weight excluding hydrogens is 679 g/mol. The molecule has 0 saturated carbocycles. The molecule has 1 unspecified atom stereocenters. The van der Waals surface area contributed by atoms with E-state index in [1.807, 2.05) is 0 Å². The lowest BCUT2D eigenvalue weighted by atomic mass is 9.74. The number of hydrogen-bond acceptors (Lipinski definition) is 2. The molecular formula is C54H39NO. The Bertz CT molecular complexity index is 3040. The van der Waals surface area contributed by atoms with Crippen molar-refractivity contribution in [2.45, 2.75) is 25.2 Å². The molecule has 1 aromatic heterocycles. The standard InChI is InChI=1S/C54H39NO/c1-54(38-20-6-3-7-21-38)48-28-13-10-24-42(48)43-34-32-39(35-49(43)54)55(50-29-14-11-22-40(50)36-17-4-2-5-18-36)51-30-15-12-25-44(51)45-26-16-27-46-47-33-31-37-19-8-9-23-41(37)52(47)56-53(45)46/h2-14,16-29,31-35H,15,30H2,1H3. The number of allylic oxidation sites excluding steroid dienone is 4. The second-order valence-corrected chi connectivity index (χ2v) is 15.2. The fourth-order valence-electron chi connectivity index (χ4n) is 9.54. The van der Waals surface area contributed by atoms with Crippen LogP contribution in [-0.4, -0.2) is 0 Å². The van der Waals surface area contributed by atoms with E-state index in [2.05, 4.69) is 206 Å². The number of para-hydroxylation sites is 2. The lowest BCUT2D eigenvalue weighted by Gasteiger charge is -2.34. The van der Waals surface area contributed by atoms with Crippen molar-refractivity contribution < 1.29 is 4.42 Å². The highest BCUT2D eigenvalue weighted by Gasteiger charge is 2.41. The molecule has 2 aliphatic carbocycles. The van der Waals surface area contributed by atoms with E-state index in [1.165, 1.54) is 55.6 Å². The molecule has 2 heteroatoms. The van der Waals surface area contributed by atoms with Crippen LogP contribution in [0.15, 0.2) is 204 Å². The van der Waals surface area contributed by atoms with Crippen LogP contribution < -0.4 is 4.90 Å². The number of fused-ring (bicyclic) bond motifs is 8. The van der Waals surface area contributed by atoms with Crippen molar-refractivity contribution in [2.24, 2.45) is 0 Å². The Morgan fingerprint density at radius 2 is 1.20 bits per heavy atom. The largest absolute Gasteiger partial charge is 0.455 e. The van der Waals surface area contributed by atoms with Crippen molar-refractivity contribution in [3.8, 4) is 22.3 Å². The van der Waals surface area contributed by atoms with Crippen molar-refractivity contribution >= 4 is 49.7 Å². The molecule has 1 heterocycles. The van der Waals surface area contributed by atoms with Gasteiger partial charge in [0.05, 0.1) is 5.69 Å². The maximum absolute atomic E-state index is 6.97. The van der Waals surface area contributed by atoms with Gasteiger partial charge >= 0.3 is 0 Å². The van der Waals surface area contributed by atoms with Crippen LogP contribution in [0.25, 0.3) is 60.5 Å². The van der Waals surface area contributed by atoms with E-state index in [-0.39, 0.29) is 5.41 Å². The summed E-state index contributed by atoms with van der Waals surface area (Å²) < 4.78 is 6.97. The van der Waals surface area contributed by atoms with E-state index in [1.54, 1.807) is 0 Å². The normalized spacial score (nSPS) is 16.1. The van der Waals surface area contributed by atoms with Gasteiger partial charge in [0.25, 0.3) is 0 Å². The molecule has 0 saturated heterocycles. The fraction of sp³-hybridized carbons (Fsp3) is 0.0741. The van der Waals surface area contributed by atoms with Crippen molar-refractivity contribution in [3.05, 3.63) is 222 Å². The Labute approximate surface area is 327 Å². The predicted octanol–water partition coefficient (Wildman–Crippen LogP) is 14.6. The zero-order valence-electron chi connectivity index (χ0n) is 31.2. The number of hydrogen-bond donors (Lipinski definition) is 0. The van der Waals surface area contributed by atoms with Crippen molar-refractivity contribution in [1.29, 1.82) is 0 Å². The first-order valence-electron chi connectivity index (χ1n) is 19.7. The first kappa shape index (κ1) is 32.5. The van der Waals surface area contributed by atoms with Gasteiger partial charge in [-0.25, -0.2) is 0 Å². The van der Waals surface area contributed by atoms with E-state index in [9.17, 15) is 0 Å². The number of nitrogens with zero attached hydrogens (tertiary/aromatic N) is 1. The second kappa shape index (κ2) is 12.9. The van der Waals surface area contributed by atoms with Crippen LogP contribution in [0.5, 0.6) is 0 Å². The van der Waals surface area contributed by atoms with E-state index in [0.717, 1.165) is 57.1 Å². The Morgan fingerprint density at radius 1 is 0.518 bits per heavy atom. The van der Waals surface area contributed by atoms with E-state index < -0.39 is 0 Å². The van der Waals surface area contributed by atoms with Gasteiger partial charge < -0.3 is 9.32 Å². The van der Waals surface area contributed by atoms with Gasteiger partial charge in [-0.3, -0.25) is 0 Å². The molecule has 56 heavy (non-hydrogen) atoms. The molecule has 9 aromatic rings. The van der Waals surface area contributed by atoms with Gasteiger partial charge in [0, 0.05) is 49.7 Å². The van der Waals surface area contributed by atoms with Gasteiger partial charge in [-0.1, -0.05) is 170 Å². The van der Waals surface area contributed by atoms with E-state index in [0.29, 0.717) is 0 Å². The molecule has 0 radical (unpaired) electrons. The zero-order chi connectivity index (χ0) is 37.2. The van der Waals surface area contributed by atoms with E-state index in [4.69, 9.17) is 4.42 Å². The summed E-state index contributed by atoms with van der Waals surface area (Å²) in [4.78, 5) is 2.55. The van der Waals surface area contributed by atoms with Crippen LogP contribution in [0.4, 0.5) is 11.4 Å². The number of furan rings is 1. The minimum atomic E-state index is -0.319. The monoisotopic (exact) mass is 717 g/mol. The van der Waals surface area contributed by atoms with Gasteiger partial charge in [-0.2, -0.15) is 0 Å². The molecule has 0 aliphatic heterocycles. The number of anilines is 2. The molecule has 2 aliphatic rings. The molecule has 1 atom stereocenters. The fourth-order valence-corrected chi connectivity index (χ4v) is 9.54. The average molecular weight is 718 g/mol. The Hall–Kier alpha value is -6.90. The highest BCUT2D eigenvalue weighted by atomic mass is 16.3. The summed E-state index contributed by atoms with van der Waals surface area (Å²) in [5, 5.41) is 4.61. The molecule has 0 bridgehead atoms. The Balaban J connectivity index is 1.19. The first-order valence-corrected chi connectivity index (χ1v) is 19.7. The molecule has 0 N–H and O–H groups in total. The maximum Gasteiger partial charge on any atom is 0.143 e. The molecule has 11 rings (SSSR count). The van der Waals surface area contributed by atoms with Crippen LogP contribution in [-0.2, 0) is 5.41 Å². The molecule has 8 aromatic carbocycles. The Kier molecular flexibility index (Phi) is 7.47. The first-order chi connectivity index (χ1) is 27.7. The molecule has 266 valence electrons. The SMILES string of the molecule is CC1(c2ccccc2)c2ccccc2-c2ccc(N(C3=C(c4cccc5c4oc4c6ccccc6ccc54)C=CCC3)c3ccccc3-c3ccccc3)cc21.